The van der Waals surface area contributed by atoms with Crippen LogP contribution in [-0.4, -0.2) is 10.9 Å². The van der Waals surface area contributed by atoms with Gasteiger partial charge in [-0.2, -0.15) is 5.26 Å². The Kier molecular flexibility index (Phi) is 3.93. The zero-order valence-corrected chi connectivity index (χ0v) is 14.9. The lowest BCUT2D eigenvalue weighted by atomic mass is 9.96. The maximum Gasteiger partial charge on any atom is 0.230 e. The summed E-state index contributed by atoms with van der Waals surface area (Å²) in [5, 5.41) is 13.4. The molecule has 134 valence electrons. The van der Waals surface area contributed by atoms with Crippen molar-refractivity contribution >= 4 is 33.9 Å². The molecule has 1 saturated carbocycles. The van der Waals surface area contributed by atoms with Gasteiger partial charge in [0, 0.05) is 23.0 Å². The largest absolute Gasteiger partial charge is 0.398 e. The Morgan fingerprint density at radius 3 is 2.81 bits per heavy atom. The number of carbonyl (C=O) groups excluding carboxylic acids is 1. The summed E-state index contributed by atoms with van der Waals surface area (Å²) in [6, 6.07) is 13.6. The van der Waals surface area contributed by atoms with Gasteiger partial charge in [-0.15, -0.1) is 0 Å². The highest BCUT2D eigenvalue weighted by molar-refractivity contribution is 6.00. The Labute approximate surface area is 156 Å². The van der Waals surface area contributed by atoms with Gasteiger partial charge in [-0.05, 0) is 59.7 Å². The molecule has 0 saturated heterocycles. The van der Waals surface area contributed by atoms with Crippen molar-refractivity contribution in [3.8, 4) is 17.2 Å². The molecule has 2 atom stereocenters. The predicted molar refractivity (Wildman–Crippen MR) is 107 cm³/mol. The second-order valence-electron chi connectivity index (χ2n) is 6.94. The summed E-state index contributed by atoms with van der Waals surface area (Å²) >= 11 is 0. The second-order valence-corrected chi connectivity index (χ2v) is 6.94. The fraction of sp³-hybridized carbons (Fsp3) is 0.190. The summed E-state index contributed by atoms with van der Waals surface area (Å²) in [4.78, 5) is 16.5. The van der Waals surface area contributed by atoms with Crippen molar-refractivity contribution in [2.24, 2.45) is 11.8 Å². The fourth-order valence-electron chi connectivity index (χ4n) is 3.32. The van der Waals surface area contributed by atoms with E-state index in [1.165, 1.54) is 0 Å². The smallest absolute Gasteiger partial charge is 0.230 e. The van der Waals surface area contributed by atoms with Gasteiger partial charge < -0.3 is 16.8 Å². The minimum atomic E-state index is -0.237. The summed E-state index contributed by atoms with van der Waals surface area (Å²) in [6.07, 6.45) is 2.27. The first-order valence-electron chi connectivity index (χ1n) is 8.73. The molecular weight excluding hydrogens is 338 g/mol. The van der Waals surface area contributed by atoms with E-state index in [2.05, 4.69) is 16.4 Å². The van der Waals surface area contributed by atoms with Gasteiger partial charge in [-0.25, -0.2) is 4.98 Å². The average molecular weight is 357 g/mol. The van der Waals surface area contributed by atoms with E-state index in [9.17, 15) is 4.79 Å². The molecule has 5 N–H and O–H groups in total. The standard InChI is InChI=1S/C21H19N5O/c1-11-15(3-2-4-18(11)23)12-5-13-8-20(25-10-17(13)19(24)7-12)26-21(27)16-6-14(16)9-22/h2-5,7-8,10,14,16H,6,23-24H2,1H3,(H,25,26,27)/t14-,16+/m0/s1. The third kappa shape index (κ3) is 3.04. The van der Waals surface area contributed by atoms with Gasteiger partial charge >= 0.3 is 0 Å². The third-order valence-corrected chi connectivity index (χ3v) is 5.10. The number of nitrogens with zero attached hydrogens (tertiary/aromatic N) is 2. The highest BCUT2D eigenvalue weighted by Gasteiger charge is 2.43. The predicted octanol–water partition coefficient (Wildman–Crippen LogP) is 3.47. The number of benzene rings is 2. The highest BCUT2D eigenvalue weighted by atomic mass is 16.2. The van der Waals surface area contributed by atoms with Crippen LogP contribution in [-0.2, 0) is 4.79 Å². The molecule has 3 aromatic rings. The molecular formula is C21H19N5O. The first kappa shape index (κ1) is 16.9. The van der Waals surface area contributed by atoms with Gasteiger partial charge in [0.05, 0.1) is 17.9 Å². The molecule has 1 fully saturated rings. The number of nitrogens with one attached hydrogen (secondary N) is 1. The Balaban J connectivity index is 1.71. The summed E-state index contributed by atoms with van der Waals surface area (Å²) in [6.45, 7) is 1.98. The number of nitrogen functional groups attached to an aromatic ring is 2. The first-order valence-corrected chi connectivity index (χ1v) is 8.73. The van der Waals surface area contributed by atoms with Crippen LogP contribution < -0.4 is 16.8 Å². The number of pyridine rings is 1. The van der Waals surface area contributed by atoms with Gasteiger partial charge in [0.1, 0.15) is 5.82 Å². The Morgan fingerprint density at radius 1 is 1.26 bits per heavy atom. The molecule has 1 aromatic heterocycles. The molecule has 0 unspecified atom stereocenters. The molecule has 1 aliphatic rings. The van der Waals surface area contributed by atoms with Crippen LogP contribution >= 0.6 is 0 Å². The summed E-state index contributed by atoms with van der Waals surface area (Å²) < 4.78 is 0. The highest BCUT2D eigenvalue weighted by Crippen LogP contribution is 2.38. The van der Waals surface area contributed by atoms with Crippen molar-refractivity contribution in [2.75, 3.05) is 16.8 Å². The van der Waals surface area contributed by atoms with E-state index < -0.39 is 0 Å². The van der Waals surface area contributed by atoms with Gasteiger partial charge in [-0.1, -0.05) is 12.1 Å². The number of rotatable bonds is 3. The van der Waals surface area contributed by atoms with E-state index in [-0.39, 0.29) is 17.7 Å². The summed E-state index contributed by atoms with van der Waals surface area (Å²) in [5.74, 6) is -0.126. The Hall–Kier alpha value is -3.59. The molecule has 1 amide bonds. The lowest BCUT2D eigenvalue weighted by Gasteiger charge is -2.12. The number of nitriles is 1. The zero-order valence-electron chi connectivity index (χ0n) is 14.9. The quantitative estimate of drug-likeness (QED) is 0.620. The molecule has 0 bridgehead atoms. The zero-order chi connectivity index (χ0) is 19.1. The van der Waals surface area contributed by atoms with Crippen LogP contribution in [0.1, 0.15) is 12.0 Å². The SMILES string of the molecule is Cc1c(N)cccc1-c1cc(N)c2cnc(NC(=O)[C@@H]3C[C@H]3C#N)cc2c1. The monoisotopic (exact) mass is 357 g/mol. The van der Waals surface area contributed by atoms with E-state index in [4.69, 9.17) is 16.7 Å². The maximum atomic E-state index is 12.2. The molecule has 0 radical (unpaired) electrons. The van der Waals surface area contributed by atoms with Crippen molar-refractivity contribution in [2.45, 2.75) is 13.3 Å². The Bertz CT molecular complexity index is 1120. The van der Waals surface area contributed by atoms with Crippen LogP contribution in [0.25, 0.3) is 21.9 Å². The molecule has 1 aliphatic carbocycles. The fourth-order valence-corrected chi connectivity index (χ4v) is 3.32. The van der Waals surface area contributed by atoms with Gasteiger partial charge in [0.25, 0.3) is 0 Å². The van der Waals surface area contributed by atoms with Gasteiger partial charge in [0.2, 0.25) is 5.91 Å². The number of fused-ring (bicyclic) bond motifs is 1. The molecule has 4 rings (SSSR count). The lowest BCUT2D eigenvalue weighted by molar-refractivity contribution is -0.117. The number of hydrogen-bond acceptors (Lipinski definition) is 5. The van der Waals surface area contributed by atoms with Crippen molar-refractivity contribution in [3.63, 3.8) is 0 Å². The molecule has 0 spiro atoms. The molecule has 27 heavy (non-hydrogen) atoms. The normalized spacial score (nSPS) is 18.1. The van der Waals surface area contributed by atoms with Crippen LogP contribution in [0.3, 0.4) is 0 Å². The van der Waals surface area contributed by atoms with Crippen LogP contribution in [0.2, 0.25) is 0 Å². The summed E-state index contributed by atoms with van der Waals surface area (Å²) in [7, 11) is 0. The van der Waals surface area contributed by atoms with E-state index in [1.54, 1.807) is 12.3 Å². The van der Waals surface area contributed by atoms with Crippen molar-refractivity contribution < 1.29 is 4.79 Å². The third-order valence-electron chi connectivity index (χ3n) is 5.10. The number of anilines is 3. The van der Waals surface area contributed by atoms with Crippen LogP contribution in [0.5, 0.6) is 0 Å². The lowest BCUT2D eigenvalue weighted by Crippen LogP contribution is -2.15. The van der Waals surface area contributed by atoms with Gasteiger partial charge in [0.15, 0.2) is 0 Å². The van der Waals surface area contributed by atoms with Crippen molar-refractivity contribution in [1.82, 2.24) is 4.98 Å². The molecule has 6 nitrogen and oxygen atoms in total. The number of carbonyl (C=O) groups is 1. The van der Waals surface area contributed by atoms with Crippen LogP contribution in [0, 0.1) is 30.1 Å². The van der Waals surface area contributed by atoms with Crippen molar-refractivity contribution in [1.29, 1.82) is 5.26 Å². The molecule has 0 aliphatic heterocycles. The summed E-state index contributed by atoms with van der Waals surface area (Å²) in [5.41, 5.74) is 16.6. The van der Waals surface area contributed by atoms with E-state index >= 15 is 0 Å². The molecule has 6 heteroatoms. The van der Waals surface area contributed by atoms with E-state index in [1.807, 2.05) is 37.3 Å². The van der Waals surface area contributed by atoms with Crippen LogP contribution in [0.15, 0.2) is 42.6 Å². The maximum absolute atomic E-state index is 12.2. The Morgan fingerprint density at radius 2 is 2.07 bits per heavy atom. The van der Waals surface area contributed by atoms with Crippen LogP contribution in [0.4, 0.5) is 17.2 Å². The number of aromatic nitrogens is 1. The van der Waals surface area contributed by atoms with Gasteiger partial charge in [-0.3, -0.25) is 4.79 Å². The second kappa shape index (κ2) is 6.29. The average Bonchev–Trinajstić information content (AvgIpc) is 3.44. The topological polar surface area (TPSA) is 118 Å². The molecule has 2 aromatic carbocycles. The van der Waals surface area contributed by atoms with E-state index in [0.717, 1.165) is 33.2 Å². The number of hydrogen-bond donors (Lipinski definition) is 3. The van der Waals surface area contributed by atoms with Crippen molar-refractivity contribution in [3.05, 3.63) is 48.2 Å². The minimum Gasteiger partial charge on any atom is -0.398 e. The van der Waals surface area contributed by atoms with E-state index in [0.29, 0.717) is 17.9 Å². The first-order chi connectivity index (χ1) is 13.0. The minimum absolute atomic E-state index is 0.163. The number of amides is 1. The number of nitrogens with two attached hydrogens (primary N) is 2. The molecule has 1 heterocycles.